The minimum Gasteiger partial charge on any atom is -0.497 e. The third-order valence-corrected chi connectivity index (χ3v) is 16.3. The smallest absolute Gasteiger partial charge is 0.328 e. The molecule has 0 aromatic heterocycles. The molecule has 0 saturated heterocycles. The van der Waals surface area contributed by atoms with E-state index in [2.05, 4.69) is 16.0 Å². The summed E-state index contributed by atoms with van der Waals surface area (Å²) < 4.78 is 21.6. The highest BCUT2D eigenvalue weighted by molar-refractivity contribution is 5.98. The van der Waals surface area contributed by atoms with Crippen molar-refractivity contribution >= 4 is 59.1 Å². The van der Waals surface area contributed by atoms with Gasteiger partial charge < -0.3 is 75.3 Å². The van der Waals surface area contributed by atoms with Crippen LogP contribution >= 0.6 is 0 Å². The summed E-state index contributed by atoms with van der Waals surface area (Å²) in [5, 5.41) is 29.7. The number of nitrogens with zero attached hydrogens (tertiary/aromatic N) is 5. The molecule has 496 valence electrons. The predicted octanol–water partition coefficient (Wildman–Crippen LogP) is 2.43. The van der Waals surface area contributed by atoms with Crippen molar-refractivity contribution in [2.45, 2.75) is 207 Å². The van der Waals surface area contributed by atoms with Crippen LogP contribution in [0, 0.1) is 23.7 Å². The van der Waals surface area contributed by atoms with Crippen molar-refractivity contribution in [1.29, 1.82) is 0 Å². The summed E-state index contributed by atoms with van der Waals surface area (Å²) in [6.45, 7) is 16.7. The van der Waals surface area contributed by atoms with Gasteiger partial charge in [-0.1, -0.05) is 93.7 Å². The molecule has 0 spiro atoms. The molecule has 9 amide bonds. The molecule has 1 aromatic rings. The summed E-state index contributed by atoms with van der Waals surface area (Å²) in [5.41, 5.74) is 6.22. The lowest BCUT2D eigenvalue weighted by Crippen LogP contribution is -2.63. The lowest BCUT2D eigenvalue weighted by molar-refractivity contribution is -0.157. The lowest BCUT2D eigenvalue weighted by Gasteiger charge is -2.40. The normalized spacial score (nSPS) is 15.9. The number of carbonyl (C=O) groups is 10. The Kier molecular flexibility index (Phi) is 35.0. The first-order chi connectivity index (χ1) is 40.8. The van der Waals surface area contributed by atoms with Crippen LogP contribution in [-0.4, -0.2) is 231 Å². The van der Waals surface area contributed by atoms with Gasteiger partial charge in [-0.15, -0.1) is 0 Å². The Bertz CT molecular complexity index is 2380. The first-order valence-corrected chi connectivity index (χ1v) is 30.3. The summed E-state index contributed by atoms with van der Waals surface area (Å²) >= 11 is 0. The molecule has 0 aliphatic carbocycles. The number of aliphatic hydroxyl groups is 2. The average Bonchev–Trinajstić information content (AvgIpc) is 3.46. The second kappa shape index (κ2) is 38.8. The van der Waals surface area contributed by atoms with E-state index in [1.165, 1.54) is 68.4 Å². The molecular formula is C62H107N9O16. The zero-order chi connectivity index (χ0) is 66.7. The fourth-order valence-corrected chi connectivity index (χ4v) is 10.5. The van der Waals surface area contributed by atoms with Gasteiger partial charge in [-0.2, -0.15) is 0 Å². The monoisotopic (exact) mass is 1230 g/mol. The Balaban J connectivity index is 3.64. The molecule has 0 radical (unpaired) electrons. The van der Waals surface area contributed by atoms with Crippen LogP contribution in [0.15, 0.2) is 24.3 Å². The van der Waals surface area contributed by atoms with Crippen LogP contribution in [0.25, 0.3) is 0 Å². The van der Waals surface area contributed by atoms with Crippen LogP contribution in [0.4, 0.5) is 0 Å². The van der Waals surface area contributed by atoms with Crippen molar-refractivity contribution < 1.29 is 77.1 Å². The molecule has 0 bridgehead atoms. The lowest BCUT2D eigenvalue weighted by atomic mass is 9.94. The maximum Gasteiger partial charge on any atom is 0.328 e. The molecule has 25 nitrogen and oxygen atoms in total. The first-order valence-electron chi connectivity index (χ1n) is 30.3. The third kappa shape index (κ3) is 23.9. The highest BCUT2D eigenvalue weighted by Crippen LogP contribution is 2.25. The fraction of sp³-hybridized carbons (Fsp3) is 0.742. The molecule has 0 unspecified atom stereocenters. The van der Waals surface area contributed by atoms with E-state index >= 15 is 0 Å². The van der Waals surface area contributed by atoms with Gasteiger partial charge in [-0.3, -0.25) is 43.2 Å². The highest BCUT2D eigenvalue weighted by atomic mass is 16.5. The number of nitrogens with two attached hydrogens (primary N) is 1. The summed E-state index contributed by atoms with van der Waals surface area (Å²) in [5.74, 6) is -8.38. The quantitative estimate of drug-likeness (QED) is 0.0514. The minimum atomic E-state index is -1.70. The number of nitrogens with one attached hydrogen (secondary N) is 3. The van der Waals surface area contributed by atoms with E-state index in [-0.39, 0.29) is 62.4 Å². The van der Waals surface area contributed by atoms with Gasteiger partial charge in [-0.25, -0.2) is 4.79 Å². The molecular weight excluding hydrogens is 1130 g/mol. The molecule has 0 aliphatic heterocycles. The Morgan fingerprint density at radius 2 is 1.09 bits per heavy atom. The number of ether oxygens (including phenoxy) is 4. The number of esters is 1. The van der Waals surface area contributed by atoms with Gasteiger partial charge in [0.25, 0.3) is 0 Å². The molecule has 0 saturated carbocycles. The summed E-state index contributed by atoms with van der Waals surface area (Å²) in [7, 11) is 12.6. The Morgan fingerprint density at radius 3 is 1.56 bits per heavy atom. The van der Waals surface area contributed by atoms with E-state index in [0.717, 1.165) is 32.4 Å². The van der Waals surface area contributed by atoms with Crippen molar-refractivity contribution in [1.82, 2.24) is 40.4 Å². The minimum absolute atomic E-state index is 0.0121. The van der Waals surface area contributed by atoms with Gasteiger partial charge >= 0.3 is 5.97 Å². The zero-order valence-corrected chi connectivity index (χ0v) is 55.4. The first kappa shape index (κ1) is 78.6. The Hall–Kier alpha value is -6.44. The predicted molar refractivity (Wildman–Crippen MR) is 328 cm³/mol. The van der Waals surface area contributed by atoms with Crippen LogP contribution < -0.4 is 26.4 Å². The molecule has 25 heteroatoms. The van der Waals surface area contributed by atoms with E-state index in [9.17, 15) is 58.2 Å². The van der Waals surface area contributed by atoms with Crippen LogP contribution in [0.5, 0.6) is 5.75 Å². The van der Waals surface area contributed by atoms with Crippen molar-refractivity contribution in [2.75, 3.05) is 70.3 Å². The van der Waals surface area contributed by atoms with Crippen molar-refractivity contribution in [3.8, 4) is 5.75 Å². The number of hydrogen-bond acceptors (Lipinski definition) is 16. The van der Waals surface area contributed by atoms with Crippen molar-refractivity contribution in [2.24, 2.45) is 29.4 Å². The van der Waals surface area contributed by atoms with Gasteiger partial charge in [0.05, 0.1) is 45.6 Å². The second-order valence-electron chi connectivity index (χ2n) is 23.8. The number of amides is 9. The second-order valence-corrected chi connectivity index (χ2v) is 23.8. The van der Waals surface area contributed by atoms with Gasteiger partial charge in [0.2, 0.25) is 53.2 Å². The number of primary amides is 1. The maximum atomic E-state index is 14.9. The van der Waals surface area contributed by atoms with E-state index in [0.29, 0.717) is 30.6 Å². The SMILES string of the molecule is CCC[C@H](C[C@@H](CC(=O)N(C)[C@H](C(=O)N[C@@H](CO)C(=O)N[C@@H](CC(C)C)C(=O)N(C)[C@@H](CC(C)C)C(=O)N[C@H](C(=O)N(C)[C@H](C(=O)N(C)[C@@H](CCC(N)=O)C(=O)N(C)[C@@H](Cc1ccc(OC)cc1)C(=O)OC)[C@@H](C)CC)[C@@H](C)O)[C@@H](C)CC)OC)OC. The summed E-state index contributed by atoms with van der Waals surface area (Å²) in [6.07, 6.45) is 0.124. The van der Waals surface area contributed by atoms with Gasteiger partial charge in [0, 0.05) is 68.7 Å². The van der Waals surface area contributed by atoms with Crippen molar-refractivity contribution in [3.63, 3.8) is 0 Å². The molecule has 7 N–H and O–H groups in total. The molecule has 0 heterocycles. The van der Waals surface area contributed by atoms with E-state index < -0.39 is 132 Å². The number of aliphatic hydroxyl groups excluding tert-OH is 2. The van der Waals surface area contributed by atoms with Crippen LogP contribution in [0.1, 0.15) is 139 Å². The topological polar surface area (TPSA) is 326 Å². The number of likely N-dealkylation sites (N-methyl/N-ethyl adjacent to an activating group) is 5. The van der Waals surface area contributed by atoms with E-state index in [1.54, 1.807) is 79.8 Å². The number of carbonyl (C=O) groups excluding carboxylic acids is 10. The van der Waals surface area contributed by atoms with Crippen LogP contribution in [-0.2, 0) is 68.6 Å². The Labute approximate surface area is 516 Å². The van der Waals surface area contributed by atoms with Crippen molar-refractivity contribution in [3.05, 3.63) is 29.8 Å². The molecule has 1 rings (SSSR count). The molecule has 1 aromatic carbocycles. The number of rotatable bonds is 40. The van der Waals surface area contributed by atoms with Crippen LogP contribution in [0.3, 0.4) is 0 Å². The summed E-state index contributed by atoms with van der Waals surface area (Å²) in [6, 6.07) is -4.04. The number of benzene rings is 1. The standard InChI is InChI=1S/C62H107N9O16/c1-20-23-43(85-17)33-44(86-18)34-51(75)70(14)53(38(8)21-2)57(78)65-46(35-72)55(76)64-45(30-36(4)5)58(79)68(12)48(31-37(6)7)56(77)66-52(40(10)73)60(81)71(15)54(39(9)22-3)61(82)67(11)47(28-29-50(63)74)59(80)69(13)49(62(83)87-19)32-41-24-26-42(84-16)27-25-41/h24-27,36-40,43-49,52-54,72-73H,20-23,28-35H2,1-19H3,(H2,63,74)(H,64,76)(H,65,78)(H,66,77)/t38-,39-,40+,43+,44-,45-,46-,47-,48-,49-,52-,53-,54-/m0/s1. The molecule has 0 fully saturated rings. The fourth-order valence-electron chi connectivity index (χ4n) is 10.5. The van der Waals surface area contributed by atoms with E-state index in [4.69, 9.17) is 24.7 Å². The molecule has 87 heavy (non-hydrogen) atoms. The molecule has 0 aliphatic rings. The maximum absolute atomic E-state index is 14.9. The van der Waals surface area contributed by atoms with Crippen LogP contribution in [0.2, 0.25) is 0 Å². The number of hydrogen-bond donors (Lipinski definition) is 6. The van der Waals surface area contributed by atoms with Gasteiger partial charge in [0.1, 0.15) is 54.1 Å². The largest absolute Gasteiger partial charge is 0.497 e. The van der Waals surface area contributed by atoms with E-state index in [1.807, 2.05) is 13.8 Å². The van der Waals surface area contributed by atoms with Gasteiger partial charge in [-0.05, 0) is 74.0 Å². The van der Waals surface area contributed by atoms with Gasteiger partial charge in [0.15, 0.2) is 0 Å². The molecule has 13 atom stereocenters. The highest BCUT2D eigenvalue weighted by Gasteiger charge is 2.44. The average molecular weight is 1230 g/mol. The number of methoxy groups -OCH3 is 4. The zero-order valence-electron chi connectivity index (χ0n) is 55.4. The Morgan fingerprint density at radius 1 is 0.563 bits per heavy atom. The summed E-state index contributed by atoms with van der Waals surface area (Å²) in [4.78, 5) is 147. The third-order valence-electron chi connectivity index (χ3n) is 16.3.